The normalized spacial score (nSPS) is 16.3. The molecular formula is C31H41N9O3. The maximum atomic E-state index is 12.4. The first kappa shape index (κ1) is 30.2. The molecule has 2 aromatic heterocycles. The molecule has 0 atom stereocenters. The van der Waals surface area contributed by atoms with Crippen LogP contribution >= 0.6 is 0 Å². The number of nitrogens with one attached hydrogen (secondary N) is 1. The third-order valence-corrected chi connectivity index (χ3v) is 8.19. The van der Waals surface area contributed by atoms with Gasteiger partial charge in [-0.3, -0.25) is 9.59 Å². The Hall–Kier alpha value is -4.29. The second kappa shape index (κ2) is 12.5. The minimum absolute atomic E-state index is 0.156. The Morgan fingerprint density at radius 2 is 1.93 bits per heavy atom. The second-order valence-electron chi connectivity index (χ2n) is 11.8. The SMILES string of the molecule is C=CCN(C)N(c1ccc(=O)n(C(C)C)n1)c1nc(Nc2ccc(N3CCC4(CC3)CN(C)C4)c(OC)c2)ncc1C=O. The van der Waals surface area contributed by atoms with E-state index in [0.717, 1.165) is 30.2 Å². The molecule has 1 aromatic carbocycles. The first-order valence-electron chi connectivity index (χ1n) is 14.6. The molecule has 0 aliphatic carbocycles. The number of aromatic nitrogens is 4. The summed E-state index contributed by atoms with van der Waals surface area (Å²) in [5.41, 5.74) is 2.33. The molecule has 2 aliphatic rings. The van der Waals surface area contributed by atoms with Crippen LogP contribution in [0.5, 0.6) is 5.75 Å². The molecule has 2 aliphatic heterocycles. The van der Waals surface area contributed by atoms with Gasteiger partial charge < -0.3 is 19.9 Å². The first-order valence-corrected chi connectivity index (χ1v) is 14.6. The average molecular weight is 588 g/mol. The predicted molar refractivity (Wildman–Crippen MR) is 169 cm³/mol. The van der Waals surface area contributed by atoms with E-state index in [1.54, 1.807) is 24.3 Å². The van der Waals surface area contributed by atoms with Crippen LogP contribution < -0.4 is 25.5 Å². The molecule has 1 N–H and O–H groups in total. The van der Waals surface area contributed by atoms with Crippen LogP contribution in [0.25, 0.3) is 0 Å². The van der Waals surface area contributed by atoms with E-state index in [1.807, 2.05) is 38.0 Å². The molecule has 0 amide bonds. The van der Waals surface area contributed by atoms with Gasteiger partial charge in [-0.15, -0.1) is 11.7 Å². The number of nitrogens with zero attached hydrogens (tertiary/aromatic N) is 8. The minimum Gasteiger partial charge on any atom is -0.495 e. The number of carbonyl (C=O) groups excluding carboxylic acids is 1. The molecular weight excluding hydrogens is 546 g/mol. The predicted octanol–water partition coefficient (Wildman–Crippen LogP) is 3.88. The molecule has 1 spiro atoms. The number of hydrogen-bond donors (Lipinski definition) is 1. The summed E-state index contributed by atoms with van der Waals surface area (Å²) in [6.07, 6.45) is 6.26. The van der Waals surface area contributed by atoms with Crippen molar-refractivity contribution in [2.24, 2.45) is 5.41 Å². The summed E-state index contributed by atoms with van der Waals surface area (Å²) in [6, 6.07) is 8.90. The Morgan fingerprint density at radius 3 is 2.56 bits per heavy atom. The molecule has 228 valence electrons. The third kappa shape index (κ3) is 6.25. The number of hydrazine groups is 1. The third-order valence-electron chi connectivity index (χ3n) is 8.19. The number of carbonyl (C=O) groups is 1. The zero-order valence-corrected chi connectivity index (χ0v) is 25.7. The van der Waals surface area contributed by atoms with Crippen LogP contribution in [-0.2, 0) is 0 Å². The Bertz CT molecular complexity index is 1520. The zero-order valence-electron chi connectivity index (χ0n) is 25.7. The van der Waals surface area contributed by atoms with E-state index in [1.165, 1.54) is 42.9 Å². The molecule has 2 saturated heterocycles. The smallest absolute Gasteiger partial charge is 0.267 e. The maximum absolute atomic E-state index is 12.4. The Kier molecular flexibility index (Phi) is 8.79. The summed E-state index contributed by atoms with van der Waals surface area (Å²) in [5, 5.41) is 11.3. The summed E-state index contributed by atoms with van der Waals surface area (Å²) >= 11 is 0. The average Bonchev–Trinajstić information content (AvgIpc) is 2.98. The van der Waals surface area contributed by atoms with Crippen LogP contribution in [-0.4, -0.2) is 89.9 Å². The first-order chi connectivity index (χ1) is 20.7. The van der Waals surface area contributed by atoms with Crippen LogP contribution in [0.4, 0.5) is 29.0 Å². The van der Waals surface area contributed by atoms with Crippen LogP contribution in [0, 0.1) is 5.41 Å². The van der Waals surface area contributed by atoms with Gasteiger partial charge in [-0.05, 0) is 57.4 Å². The number of methoxy groups -OCH3 is 1. The van der Waals surface area contributed by atoms with E-state index in [9.17, 15) is 9.59 Å². The van der Waals surface area contributed by atoms with Crippen molar-refractivity contribution in [3.05, 3.63) is 65.1 Å². The number of piperidine rings is 1. The highest BCUT2D eigenvalue weighted by molar-refractivity contribution is 5.84. The quantitative estimate of drug-likeness (QED) is 0.200. The van der Waals surface area contributed by atoms with Crippen molar-refractivity contribution in [2.75, 3.05) is 69.2 Å². The van der Waals surface area contributed by atoms with Gasteiger partial charge in [0, 0.05) is 63.8 Å². The van der Waals surface area contributed by atoms with Crippen LogP contribution in [0.2, 0.25) is 0 Å². The van der Waals surface area contributed by atoms with Crippen LogP contribution in [0.3, 0.4) is 0 Å². The van der Waals surface area contributed by atoms with Crippen molar-refractivity contribution in [2.45, 2.75) is 32.7 Å². The highest BCUT2D eigenvalue weighted by Crippen LogP contribution is 2.42. The number of likely N-dealkylation sites (N-methyl/N-ethyl adjacent to an activating group) is 1. The number of aldehydes is 1. The number of ether oxygens (including phenoxy) is 1. The summed E-state index contributed by atoms with van der Waals surface area (Å²) < 4.78 is 7.20. The molecule has 12 heteroatoms. The largest absolute Gasteiger partial charge is 0.495 e. The lowest BCUT2D eigenvalue weighted by Crippen LogP contribution is -2.58. The van der Waals surface area contributed by atoms with E-state index < -0.39 is 0 Å². The Morgan fingerprint density at radius 1 is 1.19 bits per heavy atom. The molecule has 4 heterocycles. The fraction of sp³-hybridized carbons (Fsp3) is 0.452. The van der Waals surface area contributed by atoms with Gasteiger partial charge in [-0.25, -0.2) is 19.7 Å². The van der Waals surface area contributed by atoms with Gasteiger partial charge in [0.25, 0.3) is 5.56 Å². The lowest BCUT2D eigenvalue weighted by atomic mass is 9.72. The Balaban J connectivity index is 1.43. The number of anilines is 5. The standard InChI is InChI=1S/C31H41N9O3/c1-7-14-37(5)40(27-10-11-28(42)39(35-27)22(2)3)29-23(19-41)18-32-30(34-29)33-24-8-9-25(26(17-24)43-6)38-15-12-31(13-16-38)20-36(4)21-31/h7-11,17-19,22H,1,12-16,20-21H2,2-6H3,(H,32,33,34). The van der Waals surface area contributed by atoms with Gasteiger partial charge in [-0.2, -0.15) is 4.98 Å². The molecule has 0 saturated carbocycles. The lowest BCUT2D eigenvalue weighted by molar-refractivity contribution is 0.00126. The van der Waals surface area contributed by atoms with Crippen molar-refractivity contribution in [1.82, 2.24) is 29.7 Å². The van der Waals surface area contributed by atoms with E-state index in [0.29, 0.717) is 35.8 Å². The summed E-state index contributed by atoms with van der Waals surface area (Å²) in [4.78, 5) is 38.5. The number of likely N-dealkylation sites (tertiary alicyclic amines) is 1. The number of rotatable bonds is 11. The molecule has 0 bridgehead atoms. The van der Waals surface area contributed by atoms with Crippen molar-refractivity contribution in [1.29, 1.82) is 0 Å². The number of benzene rings is 1. The molecule has 0 unspecified atom stereocenters. The maximum Gasteiger partial charge on any atom is 0.267 e. The van der Waals surface area contributed by atoms with Gasteiger partial charge in [0.1, 0.15) is 5.75 Å². The zero-order chi connectivity index (χ0) is 30.7. The van der Waals surface area contributed by atoms with Crippen LogP contribution in [0.15, 0.2) is 54.0 Å². The molecule has 2 fully saturated rings. The Labute approximate surface area is 252 Å². The van der Waals surface area contributed by atoms with Gasteiger partial charge in [0.05, 0.1) is 24.4 Å². The highest BCUT2D eigenvalue weighted by atomic mass is 16.5. The molecule has 0 radical (unpaired) electrons. The second-order valence-corrected chi connectivity index (χ2v) is 11.8. The summed E-state index contributed by atoms with van der Waals surface area (Å²) in [5.74, 6) is 1.79. The molecule has 43 heavy (non-hydrogen) atoms. The molecule has 12 nitrogen and oxygen atoms in total. The summed E-state index contributed by atoms with van der Waals surface area (Å²) in [6.45, 7) is 12.4. The van der Waals surface area contributed by atoms with E-state index >= 15 is 0 Å². The highest BCUT2D eigenvalue weighted by Gasteiger charge is 2.43. The number of hydrogen-bond acceptors (Lipinski definition) is 11. The molecule has 3 aromatic rings. The van der Waals surface area contributed by atoms with Crippen molar-refractivity contribution >= 4 is 35.2 Å². The van der Waals surface area contributed by atoms with E-state index in [4.69, 9.17) is 9.72 Å². The molecule has 5 rings (SSSR count). The van der Waals surface area contributed by atoms with E-state index in [-0.39, 0.29) is 17.2 Å². The van der Waals surface area contributed by atoms with E-state index in [2.05, 4.69) is 44.9 Å². The fourth-order valence-electron chi connectivity index (χ4n) is 6.09. The van der Waals surface area contributed by atoms with Gasteiger partial charge in [0.2, 0.25) is 5.95 Å². The van der Waals surface area contributed by atoms with Gasteiger partial charge in [-0.1, -0.05) is 6.08 Å². The van der Waals surface area contributed by atoms with Crippen molar-refractivity contribution < 1.29 is 9.53 Å². The fourth-order valence-corrected chi connectivity index (χ4v) is 6.09. The lowest BCUT2D eigenvalue weighted by Gasteiger charge is -2.53. The van der Waals surface area contributed by atoms with Gasteiger partial charge in [0.15, 0.2) is 17.9 Å². The van der Waals surface area contributed by atoms with Crippen molar-refractivity contribution in [3.8, 4) is 5.75 Å². The topological polar surface area (TPSA) is 112 Å². The monoisotopic (exact) mass is 587 g/mol. The minimum atomic E-state index is -0.220. The summed E-state index contributed by atoms with van der Waals surface area (Å²) in [7, 11) is 5.69. The van der Waals surface area contributed by atoms with Crippen molar-refractivity contribution in [3.63, 3.8) is 0 Å². The van der Waals surface area contributed by atoms with Gasteiger partial charge >= 0.3 is 0 Å². The van der Waals surface area contributed by atoms with Crippen LogP contribution in [0.1, 0.15) is 43.1 Å².